The molecule has 5 heteroatoms. The maximum atomic E-state index is 12.9. The van der Waals surface area contributed by atoms with Crippen molar-refractivity contribution in [3.05, 3.63) is 59.9 Å². The minimum atomic E-state index is 0.0580. The normalized spacial score (nSPS) is 20.5. The monoisotopic (exact) mass is 364 g/mol. The van der Waals surface area contributed by atoms with Crippen LogP contribution >= 0.6 is 0 Å². The van der Waals surface area contributed by atoms with Gasteiger partial charge in [0.15, 0.2) is 0 Å². The summed E-state index contributed by atoms with van der Waals surface area (Å²) in [5.41, 5.74) is 3.67. The molecule has 5 nitrogen and oxygen atoms in total. The van der Waals surface area contributed by atoms with Crippen LogP contribution in [-0.4, -0.2) is 47.6 Å². The van der Waals surface area contributed by atoms with E-state index in [4.69, 9.17) is 0 Å². The lowest BCUT2D eigenvalue weighted by Gasteiger charge is -2.34. The van der Waals surface area contributed by atoms with Gasteiger partial charge in [-0.15, -0.1) is 0 Å². The number of urea groups is 1. The molecule has 2 amide bonds. The Morgan fingerprint density at radius 2 is 1.89 bits per heavy atom. The van der Waals surface area contributed by atoms with Crippen LogP contribution in [-0.2, 0) is 12.8 Å². The Morgan fingerprint density at radius 3 is 2.67 bits per heavy atom. The molecule has 1 N–H and O–H groups in total. The van der Waals surface area contributed by atoms with Crippen LogP contribution in [0.1, 0.15) is 30.9 Å². The second kappa shape index (κ2) is 8.09. The highest BCUT2D eigenvalue weighted by atomic mass is 16.2. The van der Waals surface area contributed by atoms with E-state index in [1.54, 1.807) is 0 Å². The summed E-state index contributed by atoms with van der Waals surface area (Å²) >= 11 is 0. The van der Waals surface area contributed by atoms with Crippen molar-refractivity contribution in [3.63, 3.8) is 0 Å². The van der Waals surface area contributed by atoms with Gasteiger partial charge in [-0.05, 0) is 61.9 Å². The number of carbonyl (C=O) groups excluding carboxylic acids is 1. The van der Waals surface area contributed by atoms with Crippen molar-refractivity contribution in [2.45, 2.75) is 44.7 Å². The summed E-state index contributed by atoms with van der Waals surface area (Å²) in [4.78, 5) is 21.4. The van der Waals surface area contributed by atoms with E-state index in [9.17, 15) is 4.79 Å². The van der Waals surface area contributed by atoms with Gasteiger partial charge in [-0.25, -0.2) is 4.79 Å². The fraction of sp³-hybridized carbons (Fsp3) is 0.455. The lowest BCUT2D eigenvalue weighted by atomic mass is 10.0. The quantitative estimate of drug-likeness (QED) is 0.906. The molecule has 0 bridgehead atoms. The lowest BCUT2D eigenvalue weighted by Crippen LogP contribution is -2.51. The summed E-state index contributed by atoms with van der Waals surface area (Å²) in [6, 6.07) is 13.0. The van der Waals surface area contributed by atoms with Gasteiger partial charge in [0.2, 0.25) is 0 Å². The fourth-order valence-corrected chi connectivity index (χ4v) is 4.26. The summed E-state index contributed by atoms with van der Waals surface area (Å²) in [6.45, 7) is 5.28. The van der Waals surface area contributed by atoms with Crippen LogP contribution < -0.4 is 10.2 Å². The fourth-order valence-electron chi connectivity index (χ4n) is 4.26. The largest absolute Gasteiger partial charge is 0.335 e. The molecule has 0 spiro atoms. The van der Waals surface area contributed by atoms with Crippen LogP contribution in [0.2, 0.25) is 0 Å². The molecule has 142 valence electrons. The summed E-state index contributed by atoms with van der Waals surface area (Å²) in [7, 11) is 0. The maximum absolute atomic E-state index is 12.9. The van der Waals surface area contributed by atoms with Gasteiger partial charge in [-0.2, -0.15) is 0 Å². The molecule has 1 atom stereocenters. The topological polar surface area (TPSA) is 48.5 Å². The maximum Gasteiger partial charge on any atom is 0.322 e. The van der Waals surface area contributed by atoms with E-state index >= 15 is 0 Å². The van der Waals surface area contributed by atoms with E-state index in [0.717, 1.165) is 51.0 Å². The molecule has 1 fully saturated rings. The molecule has 0 aliphatic carbocycles. The third-order valence-corrected chi connectivity index (χ3v) is 5.81. The van der Waals surface area contributed by atoms with Crippen molar-refractivity contribution in [1.29, 1.82) is 0 Å². The molecular weight excluding hydrogens is 336 g/mol. The molecule has 4 rings (SSSR count). The number of benzene rings is 1. The molecule has 1 saturated heterocycles. The summed E-state index contributed by atoms with van der Waals surface area (Å²) in [5, 5.41) is 3.28. The van der Waals surface area contributed by atoms with E-state index < -0.39 is 0 Å². The van der Waals surface area contributed by atoms with Crippen molar-refractivity contribution < 1.29 is 4.79 Å². The van der Waals surface area contributed by atoms with Crippen molar-refractivity contribution in [3.8, 4) is 0 Å². The minimum absolute atomic E-state index is 0.0580. The Hall–Kier alpha value is -2.40. The molecule has 2 aliphatic heterocycles. The highest BCUT2D eigenvalue weighted by Gasteiger charge is 2.32. The number of anilines is 1. The number of amides is 2. The van der Waals surface area contributed by atoms with Crippen molar-refractivity contribution in [1.82, 2.24) is 15.2 Å². The Morgan fingerprint density at radius 1 is 1.15 bits per heavy atom. The van der Waals surface area contributed by atoms with Crippen LogP contribution in [0.15, 0.2) is 48.8 Å². The first-order valence-electron chi connectivity index (χ1n) is 9.99. The molecule has 2 aromatic rings. The number of aromatic nitrogens is 1. The minimum Gasteiger partial charge on any atom is -0.335 e. The third kappa shape index (κ3) is 4.14. The first kappa shape index (κ1) is 18.0. The summed E-state index contributed by atoms with van der Waals surface area (Å²) in [6.07, 6.45) is 7.75. The zero-order valence-corrected chi connectivity index (χ0v) is 16.0. The van der Waals surface area contributed by atoms with Gasteiger partial charge < -0.3 is 10.2 Å². The smallest absolute Gasteiger partial charge is 0.322 e. The van der Waals surface area contributed by atoms with Crippen molar-refractivity contribution in [2.24, 2.45) is 0 Å². The summed E-state index contributed by atoms with van der Waals surface area (Å²) in [5.74, 6) is 0. The average molecular weight is 364 g/mol. The van der Waals surface area contributed by atoms with Crippen LogP contribution in [0.3, 0.4) is 0 Å². The first-order chi connectivity index (χ1) is 13.2. The molecule has 1 aromatic carbocycles. The Balaban J connectivity index is 1.26. The molecule has 2 aliphatic rings. The number of piperidine rings is 1. The average Bonchev–Trinajstić information content (AvgIpc) is 3.04. The second-order valence-corrected chi connectivity index (χ2v) is 7.72. The Bertz CT molecular complexity index is 771. The highest BCUT2D eigenvalue weighted by molar-refractivity contribution is 5.95. The van der Waals surface area contributed by atoms with Crippen LogP contribution in [0.5, 0.6) is 0 Å². The zero-order valence-electron chi connectivity index (χ0n) is 16.0. The predicted octanol–water partition coefficient (Wildman–Crippen LogP) is 3.25. The van der Waals surface area contributed by atoms with E-state index in [-0.39, 0.29) is 18.1 Å². The number of rotatable bonds is 4. The molecule has 1 aromatic heterocycles. The molecule has 0 saturated carbocycles. The van der Waals surface area contributed by atoms with Gasteiger partial charge in [0.05, 0.1) is 0 Å². The highest BCUT2D eigenvalue weighted by Crippen LogP contribution is 2.31. The number of carbonyl (C=O) groups is 1. The molecular formula is C22H28N4O. The van der Waals surface area contributed by atoms with Gasteiger partial charge in [0.1, 0.15) is 0 Å². The van der Waals surface area contributed by atoms with Gasteiger partial charge in [0, 0.05) is 49.8 Å². The number of para-hydroxylation sites is 1. The van der Waals surface area contributed by atoms with Crippen molar-refractivity contribution >= 4 is 11.7 Å². The number of hydrogen-bond donors (Lipinski definition) is 1. The van der Waals surface area contributed by atoms with E-state index in [1.807, 2.05) is 23.4 Å². The molecule has 27 heavy (non-hydrogen) atoms. The standard InChI is InChI=1S/C22H28N4O/c1-17-16-19-4-2-3-5-21(19)26(17)22(27)24-20-9-14-25(15-10-20)13-8-18-6-11-23-12-7-18/h2-7,11-12,17,20H,8-10,13-16H2,1H3,(H,24,27). The number of nitrogens with one attached hydrogen (secondary N) is 1. The van der Waals surface area contributed by atoms with Gasteiger partial charge in [-0.1, -0.05) is 18.2 Å². The number of pyridine rings is 1. The number of hydrogen-bond acceptors (Lipinski definition) is 3. The Kier molecular flexibility index (Phi) is 5.39. The lowest BCUT2D eigenvalue weighted by molar-refractivity contribution is 0.195. The van der Waals surface area contributed by atoms with Gasteiger partial charge in [-0.3, -0.25) is 9.88 Å². The number of nitrogens with zero attached hydrogens (tertiary/aromatic N) is 3. The Labute approximate surface area is 161 Å². The van der Waals surface area contributed by atoms with E-state index in [0.29, 0.717) is 0 Å². The van der Waals surface area contributed by atoms with E-state index in [1.165, 1.54) is 11.1 Å². The second-order valence-electron chi connectivity index (χ2n) is 7.72. The van der Waals surface area contributed by atoms with Crippen molar-refractivity contribution in [2.75, 3.05) is 24.5 Å². The van der Waals surface area contributed by atoms with Crippen LogP contribution in [0.4, 0.5) is 10.5 Å². The number of likely N-dealkylation sites (tertiary alicyclic amines) is 1. The molecule has 0 radical (unpaired) electrons. The predicted molar refractivity (Wildman–Crippen MR) is 108 cm³/mol. The zero-order chi connectivity index (χ0) is 18.6. The van der Waals surface area contributed by atoms with Gasteiger partial charge in [0.25, 0.3) is 0 Å². The van der Waals surface area contributed by atoms with Crippen LogP contribution in [0, 0.1) is 0 Å². The number of fused-ring (bicyclic) bond motifs is 1. The first-order valence-corrected chi connectivity index (χ1v) is 9.99. The summed E-state index contributed by atoms with van der Waals surface area (Å²) < 4.78 is 0. The molecule has 1 unspecified atom stereocenters. The third-order valence-electron chi connectivity index (χ3n) is 5.81. The SMILES string of the molecule is CC1Cc2ccccc2N1C(=O)NC1CCN(CCc2ccncc2)CC1. The van der Waals surface area contributed by atoms with Crippen LogP contribution in [0.25, 0.3) is 0 Å². The van der Waals surface area contributed by atoms with Gasteiger partial charge >= 0.3 is 6.03 Å². The van der Waals surface area contributed by atoms with E-state index in [2.05, 4.69) is 52.5 Å². The molecule has 3 heterocycles.